The lowest BCUT2D eigenvalue weighted by atomic mass is 10.1. The molecule has 1 heterocycles. The van der Waals surface area contributed by atoms with Crippen molar-refractivity contribution in [2.24, 2.45) is 0 Å². The fourth-order valence-corrected chi connectivity index (χ4v) is 1.72. The van der Waals surface area contributed by atoms with Crippen molar-refractivity contribution in [3.05, 3.63) is 48.0 Å². The van der Waals surface area contributed by atoms with Crippen LogP contribution in [0.15, 0.2) is 36.7 Å². The summed E-state index contributed by atoms with van der Waals surface area (Å²) in [5.74, 6) is -0.0984. The molecule has 100 valence electrons. The van der Waals surface area contributed by atoms with Crippen LogP contribution in [0.3, 0.4) is 0 Å². The van der Waals surface area contributed by atoms with Crippen LogP contribution in [-0.2, 0) is 6.54 Å². The predicted molar refractivity (Wildman–Crippen MR) is 64.4 cm³/mol. The highest BCUT2D eigenvalue weighted by molar-refractivity contribution is 6.06. The molecule has 19 heavy (non-hydrogen) atoms. The maximum atomic E-state index is 12.2. The van der Waals surface area contributed by atoms with Crippen LogP contribution in [0.2, 0.25) is 0 Å². The van der Waals surface area contributed by atoms with Gasteiger partial charge >= 0.3 is 6.61 Å². The highest BCUT2D eigenvalue weighted by atomic mass is 19.3. The number of aromatic nitrogens is 2. The number of ether oxygens (including phenoxy) is 1. The largest absolute Gasteiger partial charge is 0.435 e. The van der Waals surface area contributed by atoms with Gasteiger partial charge in [0, 0.05) is 24.5 Å². The second-order valence-corrected chi connectivity index (χ2v) is 3.77. The minimum absolute atomic E-state index is 0.0459. The highest BCUT2D eigenvalue weighted by Gasteiger charge is 2.15. The molecule has 0 aliphatic heterocycles. The first-order valence-corrected chi connectivity index (χ1v) is 5.72. The fraction of sp³-hybridized carbons (Fsp3) is 0.231. The van der Waals surface area contributed by atoms with Crippen molar-refractivity contribution in [1.82, 2.24) is 9.55 Å². The summed E-state index contributed by atoms with van der Waals surface area (Å²) in [4.78, 5) is 16.2. The molecule has 6 heteroatoms. The average molecular weight is 266 g/mol. The first kappa shape index (κ1) is 13.2. The third-order valence-electron chi connectivity index (χ3n) is 2.58. The van der Waals surface area contributed by atoms with E-state index in [9.17, 15) is 13.6 Å². The van der Waals surface area contributed by atoms with Crippen LogP contribution in [-0.4, -0.2) is 21.9 Å². The molecule has 0 saturated carbocycles. The molecule has 0 fully saturated rings. The summed E-state index contributed by atoms with van der Waals surface area (Å²) >= 11 is 0. The Labute approximate surface area is 108 Å². The molecule has 1 aromatic carbocycles. The number of carbonyl (C=O) groups is 1. The molecular formula is C13H12F2N2O2. The molecule has 0 N–H and O–H groups in total. The van der Waals surface area contributed by atoms with E-state index in [2.05, 4.69) is 9.72 Å². The van der Waals surface area contributed by atoms with E-state index >= 15 is 0 Å². The molecule has 4 nitrogen and oxygen atoms in total. The van der Waals surface area contributed by atoms with Crippen molar-refractivity contribution in [2.75, 3.05) is 0 Å². The van der Waals surface area contributed by atoms with E-state index in [1.807, 2.05) is 6.92 Å². The Bertz CT molecular complexity index is 582. The first-order valence-electron chi connectivity index (χ1n) is 5.72. The third-order valence-corrected chi connectivity index (χ3v) is 2.58. The van der Waals surface area contributed by atoms with Gasteiger partial charge in [0.1, 0.15) is 5.75 Å². The monoisotopic (exact) mass is 266 g/mol. The summed E-state index contributed by atoms with van der Waals surface area (Å²) in [7, 11) is 0. The van der Waals surface area contributed by atoms with Crippen molar-refractivity contribution >= 4 is 5.78 Å². The topological polar surface area (TPSA) is 44.1 Å². The lowest BCUT2D eigenvalue weighted by molar-refractivity contribution is -0.0498. The van der Waals surface area contributed by atoms with E-state index in [1.54, 1.807) is 10.8 Å². The zero-order valence-corrected chi connectivity index (χ0v) is 10.2. The van der Waals surface area contributed by atoms with Crippen molar-refractivity contribution in [3.8, 4) is 5.75 Å². The number of imidazole rings is 1. The van der Waals surface area contributed by atoms with Crippen LogP contribution >= 0.6 is 0 Å². The van der Waals surface area contributed by atoms with Crippen molar-refractivity contribution in [1.29, 1.82) is 0 Å². The lowest BCUT2D eigenvalue weighted by Crippen LogP contribution is -2.11. The molecule has 0 bridgehead atoms. The number of benzene rings is 1. The normalized spacial score (nSPS) is 10.7. The number of ketones is 1. The molecule has 0 aliphatic rings. The number of hydrogen-bond acceptors (Lipinski definition) is 3. The van der Waals surface area contributed by atoms with E-state index in [1.165, 1.54) is 30.5 Å². The molecule has 0 spiro atoms. The van der Waals surface area contributed by atoms with Crippen LogP contribution in [0.1, 0.15) is 23.1 Å². The molecule has 0 unspecified atom stereocenters. The molecule has 2 rings (SSSR count). The minimum atomic E-state index is -2.91. The van der Waals surface area contributed by atoms with Gasteiger partial charge in [0.15, 0.2) is 5.82 Å². The van der Waals surface area contributed by atoms with Crippen LogP contribution in [0.25, 0.3) is 0 Å². The van der Waals surface area contributed by atoms with Crippen LogP contribution < -0.4 is 4.74 Å². The van der Waals surface area contributed by atoms with Gasteiger partial charge in [0.2, 0.25) is 5.78 Å². The molecular weight excluding hydrogens is 254 g/mol. The van der Waals surface area contributed by atoms with Gasteiger partial charge < -0.3 is 9.30 Å². The molecule has 2 aromatic rings. The number of nitrogens with zero attached hydrogens (tertiary/aromatic N) is 2. The first-order chi connectivity index (χ1) is 9.11. The minimum Gasteiger partial charge on any atom is -0.435 e. The van der Waals surface area contributed by atoms with Gasteiger partial charge in [-0.25, -0.2) is 4.98 Å². The van der Waals surface area contributed by atoms with Gasteiger partial charge in [-0.3, -0.25) is 4.79 Å². The quantitative estimate of drug-likeness (QED) is 0.781. The second-order valence-electron chi connectivity index (χ2n) is 3.77. The Kier molecular flexibility index (Phi) is 3.89. The van der Waals surface area contributed by atoms with Crippen molar-refractivity contribution in [2.45, 2.75) is 20.1 Å². The summed E-state index contributed by atoms with van der Waals surface area (Å²) in [6, 6.07) is 5.68. The van der Waals surface area contributed by atoms with Crippen molar-refractivity contribution < 1.29 is 18.3 Å². The van der Waals surface area contributed by atoms with Gasteiger partial charge in [0.05, 0.1) is 0 Å². The summed E-state index contributed by atoms with van der Waals surface area (Å²) < 4.78 is 30.2. The standard InChI is InChI=1S/C13H12F2N2O2/c1-2-17-7-6-16-12(17)11(18)9-4-3-5-10(8-9)19-13(14)15/h3-8,13H,2H2,1H3. The molecule has 0 radical (unpaired) electrons. The predicted octanol–water partition coefficient (Wildman–Crippen LogP) is 2.74. The van der Waals surface area contributed by atoms with Gasteiger partial charge in [-0.15, -0.1) is 0 Å². The molecule has 0 atom stereocenters. The number of carbonyl (C=O) groups excluding carboxylic acids is 1. The highest BCUT2D eigenvalue weighted by Crippen LogP contribution is 2.18. The second kappa shape index (κ2) is 5.60. The van der Waals surface area contributed by atoms with Crippen molar-refractivity contribution in [3.63, 3.8) is 0 Å². The number of hydrogen-bond donors (Lipinski definition) is 0. The summed E-state index contributed by atoms with van der Waals surface area (Å²) in [5, 5.41) is 0. The zero-order chi connectivity index (χ0) is 13.8. The maximum Gasteiger partial charge on any atom is 0.387 e. The Morgan fingerprint density at radius 2 is 2.26 bits per heavy atom. The summed E-state index contributed by atoms with van der Waals surface area (Å²) in [6.45, 7) is -0.425. The van der Waals surface area contributed by atoms with Gasteiger partial charge in [-0.2, -0.15) is 8.78 Å². The van der Waals surface area contributed by atoms with Crippen LogP contribution in [0.4, 0.5) is 8.78 Å². The lowest BCUT2D eigenvalue weighted by Gasteiger charge is -2.07. The summed E-state index contributed by atoms with van der Waals surface area (Å²) in [6.07, 6.45) is 3.21. The van der Waals surface area contributed by atoms with E-state index < -0.39 is 6.61 Å². The van der Waals surface area contributed by atoms with Gasteiger partial charge in [-0.1, -0.05) is 12.1 Å². The third kappa shape index (κ3) is 2.96. The van der Waals surface area contributed by atoms with Gasteiger partial charge in [0.25, 0.3) is 0 Å². The smallest absolute Gasteiger partial charge is 0.387 e. The van der Waals surface area contributed by atoms with Crippen LogP contribution in [0.5, 0.6) is 5.75 Å². The zero-order valence-electron chi connectivity index (χ0n) is 10.2. The Morgan fingerprint density at radius 1 is 1.47 bits per heavy atom. The van der Waals surface area contributed by atoms with E-state index in [0.717, 1.165) is 0 Å². The number of halogens is 2. The number of rotatable bonds is 5. The Morgan fingerprint density at radius 3 is 2.95 bits per heavy atom. The summed E-state index contributed by atoms with van der Waals surface area (Å²) in [5.41, 5.74) is 0.263. The fourth-order valence-electron chi connectivity index (χ4n) is 1.72. The maximum absolute atomic E-state index is 12.2. The molecule has 0 saturated heterocycles. The Hall–Kier alpha value is -2.24. The van der Waals surface area contributed by atoms with Crippen LogP contribution in [0, 0.1) is 0 Å². The van der Waals surface area contributed by atoms with E-state index in [0.29, 0.717) is 6.54 Å². The molecule has 0 amide bonds. The SMILES string of the molecule is CCn1ccnc1C(=O)c1cccc(OC(F)F)c1. The van der Waals surface area contributed by atoms with E-state index in [4.69, 9.17) is 0 Å². The number of aryl methyl sites for hydroxylation is 1. The Balaban J connectivity index is 2.29. The average Bonchev–Trinajstić information content (AvgIpc) is 2.85. The molecule has 0 aliphatic carbocycles. The number of alkyl halides is 2. The molecule has 1 aromatic heterocycles. The van der Waals surface area contributed by atoms with Gasteiger partial charge in [-0.05, 0) is 19.1 Å². The van der Waals surface area contributed by atoms with E-state index in [-0.39, 0.29) is 22.9 Å².